The lowest BCUT2D eigenvalue weighted by Gasteiger charge is -2.44. The van der Waals surface area contributed by atoms with E-state index in [-0.39, 0.29) is 13.4 Å². The van der Waals surface area contributed by atoms with Crippen LogP contribution in [0.2, 0.25) is 0 Å². The number of anilines is 21. The van der Waals surface area contributed by atoms with Crippen LogP contribution in [-0.2, 0) is 0 Å². The Morgan fingerprint density at radius 2 is 0.405 bits per heavy atom. The maximum absolute atomic E-state index is 2.48. The van der Waals surface area contributed by atoms with Gasteiger partial charge in [-0.25, -0.2) is 0 Å². The molecule has 111 heavy (non-hydrogen) atoms. The molecule has 0 bridgehead atoms. The molecule has 9 heteroatoms. The van der Waals surface area contributed by atoms with E-state index in [1.54, 1.807) is 0 Å². The Labute approximate surface area is 652 Å². The largest absolute Gasteiger partial charge is 0.311 e. The lowest BCUT2D eigenvalue weighted by atomic mass is 9.33. The molecule has 0 saturated carbocycles. The van der Waals surface area contributed by atoms with E-state index in [2.05, 4.69) is 468 Å². The predicted octanol–water partition coefficient (Wildman–Crippen LogP) is 24.2. The van der Waals surface area contributed by atoms with Crippen LogP contribution >= 0.6 is 0 Å². The molecule has 0 fully saturated rings. The van der Waals surface area contributed by atoms with Gasteiger partial charge in [0, 0.05) is 119 Å². The number of para-hydroxylation sites is 9. The van der Waals surface area contributed by atoms with Gasteiger partial charge in [-0.05, 0) is 244 Å². The molecule has 16 aromatic rings. The normalized spacial score (nSPS) is 12.6. The molecule has 0 unspecified atom stereocenters. The van der Waals surface area contributed by atoms with Gasteiger partial charge in [0.05, 0.1) is 0 Å². The van der Waals surface area contributed by atoms with Crippen LogP contribution in [0.1, 0.15) is 50.7 Å². The smallest absolute Gasteiger partial charge is 0.252 e. The van der Waals surface area contributed by atoms with Gasteiger partial charge in [0.1, 0.15) is 0 Å². The number of hydrogen-bond acceptors (Lipinski definition) is 7. The van der Waals surface area contributed by atoms with Crippen molar-refractivity contribution in [3.05, 3.63) is 418 Å². The van der Waals surface area contributed by atoms with Crippen molar-refractivity contribution in [1.82, 2.24) is 0 Å². The summed E-state index contributed by atoms with van der Waals surface area (Å²) in [7, 11) is 0. The van der Waals surface area contributed by atoms with E-state index in [9.17, 15) is 0 Å². The average molecular weight is 1430 g/mol. The predicted molar refractivity (Wildman–Crippen MR) is 473 cm³/mol. The van der Waals surface area contributed by atoms with Crippen molar-refractivity contribution >= 4 is 166 Å². The molecule has 4 heterocycles. The fraction of sp³-hybridized carbons (Fsp3) is 0.0588. The average Bonchev–Trinajstić information content (AvgIpc) is 0.698. The Morgan fingerprint density at radius 1 is 0.189 bits per heavy atom. The number of rotatable bonds is 15. The molecule has 0 aromatic heterocycles. The summed E-state index contributed by atoms with van der Waals surface area (Å²) in [4.78, 5) is 17.0. The SMILES string of the molecule is CC(C)c1ccc(N(c2ccc(C(C)C)cc2)c2ccc3c(c2)N(c2ccccc2)c2cccc4c2B3c2ccccc2N4c2ccccc2)cc1.c1ccc(N(c2ccccc2)c2ccc3c(c2)N(c2ccccc2)c2cccc4c2B3c2ccc(N(c3ccccc3)c3ccccc3)cc2N4c2ccccc2)cc1. The minimum absolute atomic E-state index is 0.0157. The van der Waals surface area contributed by atoms with E-state index in [0.29, 0.717) is 11.8 Å². The first kappa shape index (κ1) is 67.8. The molecule has 0 spiro atoms. The topological polar surface area (TPSA) is 22.7 Å². The fourth-order valence-electron chi connectivity index (χ4n) is 17.3. The van der Waals surface area contributed by atoms with Crippen molar-refractivity contribution < 1.29 is 0 Å². The van der Waals surface area contributed by atoms with Crippen molar-refractivity contribution in [2.45, 2.75) is 39.5 Å². The Morgan fingerprint density at radius 3 is 0.685 bits per heavy atom. The number of nitrogens with zero attached hydrogens (tertiary/aromatic N) is 7. The van der Waals surface area contributed by atoms with Crippen LogP contribution in [0.4, 0.5) is 119 Å². The van der Waals surface area contributed by atoms with E-state index in [0.717, 1.165) is 73.9 Å². The standard InChI is InChI=1S/C54H39BN4.C48H42BN3/c1-7-20-40(21-8-1)56(41-22-9-2-10-23-41)46-34-36-48-52(38-46)58(44-28-15-5-16-29-44)50-32-19-33-51-54(50)55(48)49-37-35-47(39-53(49)59(51)45-30-17-6-18-31-45)57(42-24-11-3-12-25-42)43-26-13-4-14-27-43;1-33(2)35-22-26-39(27-23-35)50(40-28-24-36(25-29-40)34(3)4)41-30-31-43-47(32-41)52(38-16-9-6-10-17-38)46-21-13-20-45-48(46)49(43)42-18-11-12-19-44(42)51(45)37-14-7-5-8-15-37/h1-39H;5-34H,1-4H3. The number of benzene rings is 16. The Kier molecular flexibility index (Phi) is 17.8. The van der Waals surface area contributed by atoms with Gasteiger partial charge >= 0.3 is 0 Å². The summed E-state index contributed by atoms with van der Waals surface area (Å²) in [6.45, 7) is 9.08. The van der Waals surface area contributed by atoms with Gasteiger partial charge < -0.3 is 34.3 Å². The van der Waals surface area contributed by atoms with Crippen LogP contribution in [0.15, 0.2) is 406 Å². The maximum atomic E-state index is 2.48. The van der Waals surface area contributed by atoms with Gasteiger partial charge in [0.25, 0.3) is 13.4 Å². The minimum Gasteiger partial charge on any atom is -0.311 e. The van der Waals surface area contributed by atoms with Crippen molar-refractivity contribution in [3.63, 3.8) is 0 Å². The molecule has 0 radical (unpaired) electrons. The molecule has 0 amide bonds. The van der Waals surface area contributed by atoms with Gasteiger partial charge in [-0.3, -0.25) is 0 Å². The Balaban J connectivity index is 0.000000151. The van der Waals surface area contributed by atoms with E-state index in [1.165, 1.54) is 89.4 Å². The minimum atomic E-state index is -0.0157. The quantitative estimate of drug-likeness (QED) is 0.0942. The van der Waals surface area contributed by atoms with Gasteiger partial charge in [-0.2, -0.15) is 0 Å². The summed E-state index contributed by atoms with van der Waals surface area (Å²) in [6, 6.07) is 148. The van der Waals surface area contributed by atoms with Crippen LogP contribution in [0, 0.1) is 0 Å². The Bertz CT molecular complexity index is 5670. The summed E-state index contributed by atoms with van der Waals surface area (Å²) in [5, 5.41) is 0. The molecular formula is C102H81B2N7. The molecule has 0 atom stereocenters. The third kappa shape index (κ3) is 12.2. The number of hydrogen-bond donors (Lipinski definition) is 0. The molecule has 4 aliphatic heterocycles. The molecule has 530 valence electrons. The van der Waals surface area contributed by atoms with E-state index >= 15 is 0 Å². The lowest BCUT2D eigenvalue weighted by molar-refractivity contribution is 0.866. The second kappa shape index (κ2) is 29.1. The van der Waals surface area contributed by atoms with Gasteiger partial charge in [-0.15, -0.1) is 0 Å². The van der Waals surface area contributed by atoms with Crippen LogP contribution in [0.3, 0.4) is 0 Å². The monoisotopic (exact) mass is 1430 g/mol. The molecule has 4 aliphatic rings. The lowest BCUT2D eigenvalue weighted by Crippen LogP contribution is -2.61. The van der Waals surface area contributed by atoms with E-state index in [4.69, 9.17) is 0 Å². The summed E-state index contributed by atoms with van der Waals surface area (Å²) >= 11 is 0. The highest BCUT2D eigenvalue weighted by Gasteiger charge is 2.46. The molecule has 20 rings (SSSR count). The molecular weight excluding hydrogens is 1340 g/mol. The van der Waals surface area contributed by atoms with Crippen molar-refractivity contribution in [3.8, 4) is 0 Å². The molecule has 16 aromatic carbocycles. The van der Waals surface area contributed by atoms with E-state index in [1.807, 2.05) is 0 Å². The fourth-order valence-corrected chi connectivity index (χ4v) is 17.3. The zero-order valence-corrected chi connectivity index (χ0v) is 62.6. The van der Waals surface area contributed by atoms with Gasteiger partial charge in [0.15, 0.2) is 0 Å². The molecule has 0 saturated heterocycles. The maximum Gasteiger partial charge on any atom is 0.252 e. The Hall–Kier alpha value is -13.8. The van der Waals surface area contributed by atoms with Gasteiger partial charge in [0.2, 0.25) is 0 Å². The zero-order valence-electron chi connectivity index (χ0n) is 62.6. The number of fused-ring (bicyclic) bond motifs is 8. The molecule has 0 aliphatic carbocycles. The highest BCUT2D eigenvalue weighted by Crippen LogP contribution is 2.50. The van der Waals surface area contributed by atoms with Crippen LogP contribution in [-0.4, -0.2) is 13.4 Å². The van der Waals surface area contributed by atoms with Crippen molar-refractivity contribution in [1.29, 1.82) is 0 Å². The summed E-state index contributed by atoms with van der Waals surface area (Å²) in [5.74, 6) is 0.939. The summed E-state index contributed by atoms with van der Waals surface area (Å²) in [5.41, 5.74) is 34.6. The molecule has 7 nitrogen and oxygen atoms in total. The van der Waals surface area contributed by atoms with Crippen LogP contribution < -0.4 is 67.1 Å². The van der Waals surface area contributed by atoms with Gasteiger partial charge in [-0.1, -0.05) is 246 Å². The second-order valence-electron chi connectivity index (χ2n) is 29.6. The highest BCUT2D eigenvalue weighted by molar-refractivity contribution is 7.01. The zero-order chi connectivity index (χ0) is 74.5. The van der Waals surface area contributed by atoms with E-state index < -0.39 is 0 Å². The first-order valence-corrected chi connectivity index (χ1v) is 38.8. The van der Waals surface area contributed by atoms with Crippen molar-refractivity contribution in [2.75, 3.05) is 34.3 Å². The van der Waals surface area contributed by atoms with Crippen LogP contribution in [0.5, 0.6) is 0 Å². The summed E-state index contributed by atoms with van der Waals surface area (Å²) < 4.78 is 0. The second-order valence-corrected chi connectivity index (χ2v) is 29.6. The van der Waals surface area contributed by atoms with Crippen LogP contribution in [0.25, 0.3) is 0 Å². The van der Waals surface area contributed by atoms with Crippen molar-refractivity contribution in [2.24, 2.45) is 0 Å². The summed E-state index contributed by atoms with van der Waals surface area (Å²) in [6.07, 6.45) is 0. The highest BCUT2D eigenvalue weighted by atomic mass is 15.2. The first-order valence-electron chi connectivity index (χ1n) is 38.8. The first-order chi connectivity index (χ1) is 54.8. The molecule has 0 N–H and O–H groups in total. The third-order valence-electron chi connectivity index (χ3n) is 22.4. The third-order valence-corrected chi connectivity index (χ3v) is 22.4.